The second-order valence-corrected chi connectivity index (χ2v) is 19.4. The molecule has 2 nitrogen and oxygen atoms in total. The Kier molecular flexibility index (Phi) is 8.73. The molecule has 1 spiro atoms. The van der Waals surface area contributed by atoms with Crippen LogP contribution in [0.2, 0.25) is 0 Å². The highest BCUT2D eigenvalue weighted by molar-refractivity contribution is 6.10. The molecule has 2 heterocycles. The van der Waals surface area contributed by atoms with Crippen molar-refractivity contribution in [2.24, 2.45) is 0 Å². The summed E-state index contributed by atoms with van der Waals surface area (Å²) in [6.07, 6.45) is 0. The van der Waals surface area contributed by atoms with Gasteiger partial charge in [-0.15, -0.1) is 0 Å². The van der Waals surface area contributed by atoms with Crippen molar-refractivity contribution in [2.45, 2.75) is 17.3 Å². The lowest BCUT2D eigenvalue weighted by Gasteiger charge is -2.50. The zero-order chi connectivity index (χ0) is 46.6. The molecule has 0 amide bonds. The summed E-state index contributed by atoms with van der Waals surface area (Å²) in [7, 11) is 0. The van der Waals surface area contributed by atoms with E-state index < -0.39 is 5.41 Å². The molecule has 0 aliphatic heterocycles. The summed E-state index contributed by atoms with van der Waals surface area (Å²) in [6.45, 7) is 0. The maximum atomic E-state index is 6.76. The van der Waals surface area contributed by atoms with Crippen LogP contribution in [0.1, 0.15) is 67.5 Å². The number of rotatable bonds is 5. The summed E-state index contributed by atoms with van der Waals surface area (Å²) in [5, 5.41) is 4.53. The summed E-state index contributed by atoms with van der Waals surface area (Å²) in [6, 6.07) is 94.2. The number of benzene rings is 11. The predicted molar refractivity (Wildman–Crippen MR) is 290 cm³/mol. The summed E-state index contributed by atoms with van der Waals surface area (Å²) < 4.78 is 13.3. The smallest absolute Gasteiger partial charge is 0.143 e. The highest BCUT2D eigenvalue weighted by Crippen LogP contribution is 2.61. The molecule has 0 bridgehead atoms. The molecule has 1 unspecified atom stereocenters. The van der Waals surface area contributed by atoms with Crippen molar-refractivity contribution in [2.75, 3.05) is 0 Å². The average Bonchev–Trinajstić information content (AvgIpc) is 4.02. The van der Waals surface area contributed by atoms with Gasteiger partial charge in [0, 0.05) is 44.5 Å². The van der Waals surface area contributed by atoms with Crippen molar-refractivity contribution in [3.05, 3.63) is 310 Å². The minimum absolute atomic E-state index is 0.0300. The first-order valence-corrected chi connectivity index (χ1v) is 24.7. The van der Waals surface area contributed by atoms with Gasteiger partial charge in [0.2, 0.25) is 0 Å². The summed E-state index contributed by atoms with van der Waals surface area (Å²) in [5.74, 6) is -0.0103. The summed E-state index contributed by atoms with van der Waals surface area (Å²) in [4.78, 5) is 0. The quantitative estimate of drug-likeness (QED) is 0.172. The second kappa shape index (κ2) is 15.5. The van der Waals surface area contributed by atoms with E-state index in [9.17, 15) is 0 Å². The highest BCUT2D eigenvalue weighted by atomic mass is 16.3. The Bertz CT molecular complexity index is 4180. The van der Waals surface area contributed by atoms with E-state index in [1.807, 2.05) is 6.07 Å². The number of hydrogen-bond donors (Lipinski definition) is 0. The number of para-hydroxylation sites is 4. The van der Waals surface area contributed by atoms with Gasteiger partial charge in [0.15, 0.2) is 0 Å². The van der Waals surface area contributed by atoms with E-state index in [1.165, 1.54) is 66.8 Å². The van der Waals surface area contributed by atoms with Crippen LogP contribution in [0.15, 0.2) is 264 Å². The molecule has 2 aliphatic carbocycles. The third-order valence-electron chi connectivity index (χ3n) is 15.8. The van der Waals surface area contributed by atoms with Crippen molar-refractivity contribution in [3.63, 3.8) is 0 Å². The van der Waals surface area contributed by atoms with Gasteiger partial charge in [0.1, 0.15) is 22.3 Å². The Hall–Kier alpha value is -8.98. The fourth-order valence-electron chi connectivity index (χ4n) is 12.8. The van der Waals surface area contributed by atoms with Crippen LogP contribution in [0.3, 0.4) is 0 Å². The maximum Gasteiger partial charge on any atom is 0.143 e. The fourth-order valence-corrected chi connectivity index (χ4v) is 12.8. The third kappa shape index (κ3) is 5.83. The molecular formula is C69H44O2. The van der Waals surface area contributed by atoms with Crippen molar-refractivity contribution < 1.29 is 8.83 Å². The van der Waals surface area contributed by atoms with Crippen LogP contribution >= 0.6 is 0 Å². The normalized spacial score (nSPS) is 16.8. The Morgan fingerprint density at radius 3 is 1.20 bits per heavy atom. The van der Waals surface area contributed by atoms with Crippen molar-refractivity contribution in [3.8, 4) is 33.4 Å². The lowest BCUT2D eigenvalue weighted by atomic mass is 9.52. The van der Waals surface area contributed by atoms with Gasteiger partial charge < -0.3 is 8.83 Å². The SMILES string of the molecule is c1ccc(-c2ccc(C3c4ccccc4C4(c5ccccc53)c3ccccc3C(c3ccc(-c5cccc6c5oc5ccccc56)cc3)c3ccc(-c5cccc6c5oc5ccccc56)cc34)cc2)cc1. The molecule has 0 saturated carbocycles. The van der Waals surface area contributed by atoms with Crippen LogP contribution in [0.25, 0.3) is 77.3 Å². The highest BCUT2D eigenvalue weighted by Gasteiger charge is 2.52. The maximum absolute atomic E-state index is 6.76. The van der Waals surface area contributed by atoms with E-state index in [0.717, 1.165) is 66.1 Å². The lowest BCUT2D eigenvalue weighted by Crippen LogP contribution is -2.42. The minimum atomic E-state index is -0.648. The van der Waals surface area contributed by atoms with Crippen molar-refractivity contribution in [1.29, 1.82) is 0 Å². The van der Waals surface area contributed by atoms with E-state index >= 15 is 0 Å². The van der Waals surface area contributed by atoms with Crippen molar-refractivity contribution >= 4 is 43.9 Å². The molecule has 2 aromatic heterocycles. The summed E-state index contributed by atoms with van der Waals surface area (Å²) in [5.41, 5.74) is 22.9. The number of hydrogen-bond acceptors (Lipinski definition) is 2. The Balaban J connectivity index is 0.968. The van der Waals surface area contributed by atoms with Gasteiger partial charge in [-0.05, 0) is 96.1 Å². The lowest BCUT2D eigenvalue weighted by molar-refractivity contribution is 0.639. The van der Waals surface area contributed by atoms with Gasteiger partial charge in [-0.25, -0.2) is 0 Å². The zero-order valence-electron chi connectivity index (χ0n) is 38.7. The van der Waals surface area contributed by atoms with E-state index in [2.05, 4.69) is 249 Å². The molecule has 2 heteroatoms. The van der Waals surface area contributed by atoms with Gasteiger partial charge in [-0.3, -0.25) is 0 Å². The first kappa shape index (κ1) is 40.0. The van der Waals surface area contributed by atoms with Gasteiger partial charge in [-0.1, -0.05) is 237 Å². The average molecular weight is 905 g/mol. The van der Waals surface area contributed by atoms with Crippen molar-refractivity contribution in [1.82, 2.24) is 0 Å². The van der Waals surface area contributed by atoms with Gasteiger partial charge in [-0.2, -0.15) is 0 Å². The van der Waals surface area contributed by atoms with Gasteiger partial charge >= 0.3 is 0 Å². The van der Waals surface area contributed by atoms with Gasteiger partial charge in [0.25, 0.3) is 0 Å². The van der Waals surface area contributed by atoms with E-state index in [-0.39, 0.29) is 11.8 Å². The van der Waals surface area contributed by atoms with E-state index in [0.29, 0.717) is 0 Å². The fraction of sp³-hybridized carbons (Fsp3) is 0.0435. The zero-order valence-corrected chi connectivity index (χ0v) is 38.7. The molecule has 71 heavy (non-hydrogen) atoms. The molecule has 0 radical (unpaired) electrons. The topological polar surface area (TPSA) is 26.3 Å². The van der Waals surface area contributed by atoms with Crippen LogP contribution in [0.5, 0.6) is 0 Å². The molecule has 2 aliphatic rings. The monoisotopic (exact) mass is 904 g/mol. The van der Waals surface area contributed by atoms with Crippen LogP contribution in [-0.4, -0.2) is 0 Å². The van der Waals surface area contributed by atoms with Crippen LogP contribution in [0, 0.1) is 0 Å². The largest absolute Gasteiger partial charge is 0.455 e. The molecule has 0 N–H and O–H groups in total. The molecule has 1 atom stereocenters. The molecule has 332 valence electrons. The summed E-state index contributed by atoms with van der Waals surface area (Å²) >= 11 is 0. The molecule has 0 saturated heterocycles. The molecule has 11 aromatic carbocycles. The third-order valence-corrected chi connectivity index (χ3v) is 15.8. The van der Waals surface area contributed by atoms with E-state index in [4.69, 9.17) is 8.83 Å². The Morgan fingerprint density at radius 1 is 0.268 bits per heavy atom. The Labute approximate surface area is 411 Å². The van der Waals surface area contributed by atoms with E-state index in [1.54, 1.807) is 0 Å². The minimum Gasteiger partial charge on any atom is -0.455 e. The van der Waals surface area contributed by atoms with Crippen LogP contribution < -0.4 is 0 Å². The Morgan fingerprint density at radius 2 is 0.662 bits per heavy atom. The number of fused-ring (bicyclic) bond motifs is 14. The molecule has 13 aromatic rings. The first-order chi connectivity index (χ1) is 35.2. The second-order valence-electron chi connectivity index (χ2n) is 19.4. The predicted octanol–water partition coefficient (Wildman–Crippen LogP) is 17.9. The molecular weight excluding hydrogens is 861 g/mol. The molecule has 15 rings (SSSR count). The van der Waals surface area contributed by atoms with Gasteiger partial charge in [0.05, 0.1) is 5.41 Å². The number of furan rings is 2. The molecule has 0 fully saturated rings. The first-order valence-electron chi connectivity index (χ1n) is 24.7. The standard InChI is InChI=1S/C69H44O2/c1-2-16-43(17-3-1)44-32-36-46(37-33-44)65-55-20-4-9-27-59(55)69(60-28-10-5-21-56(60)65)61-29-11-6-22-57(61)66(47-38-34-45(35-39-47)49-23-14-25-53-51-18-7-12-30-63(51)70-67(49)53)58-41-40-48(42-62(58)69)50-24-15-26-54-52-19-8-13-31-64(52)71-68(50)54/h1-42,65-66H. The van der Waals surface area contributed by atoms with Crippen LogP contribution in [0.4, 0.5) is 0 Å². The van der Waals surface area contributed by atoms with Crippen LogP contribution in [-0.2, 0) is 5.41 Å².